The Morgan fingerprint density at radius 1 is 1.60 bits per heavy atom. The molecule has 0 aliphatic carbocycles. The zero-order valence-electron chi connectivity index (χ0n) is 8.37. The van der Waals surface area contributed by atoms with Crippen molar-refractivity contribution in [3.05, 3.63) is 41.2 Å². The van der Waals surface area contributed by atoms with E-state index in [0.717, 1.165) is 6.07 Å². The lowest BCUT2D eigenvalue weighted by Gasteiger charge is -2.01. The number of hydrogen-bond donors (Lipinski definition) is 1. The van der Waals surface area contributed by atoms with E-state index in [9.17, 15) is 9.18 Å². The van der Waals surface area contributed by atoms with Gasteiger partial charge in [-0.25, -0.2) is 9.18 Å². The minimum atomic E-state index is -0.553. The third-order valence-corrected chi connectivity index (χ3v) is 1.86. The largest absolute Gasteiger partial charge is 0.465 e. The third-order valence-electron chi connectivity index (χ3n) is 1.86. The van der Waals surface area contributed by atoms with Crippen LogP contribution in [0, 0.1) is 5.82 Å². The van der Waals surface area contributed by atoms with Gasteiger partial charge in [0.25, 0.3) is 0 Å². The number of halogens is 1. The molecular formula is C11H12FNO2. The lowest BCUT2D eigenvalue weighted by molar-refractivity contribution is 0.0600. The number of carbonyl (C=O) groups excluding carboxylic acids is 1. The Morgan fingerprint density at radius 3 is 2.87 bits per heavy atom. The Balaban J connectivity index is 2.98. The van der Waals surface area contributed by atoms with E-state index in [2.05, 4.69) is 4.74 Å². The lowest BCUT2D eigenvalue weighted by Crippen LogP contribution is -2.02. The summed E-state index contributed by atoms with van der Waals surface area (Å²) in [6.07, 6.45) is 3.20. The molecular weight excluding hydrogens is 197 g/mol. The number of benzene rings is 1. The number of esters is 1. The first kappa shape index (κ1) is 11.4. The van der Waals surface area contributed by atoms with Crippen LogP contribution in [0.3, 0.4) is 0 Å². The van der Waals surface area contributed by atoms with Crippen molar-refractivity contribution < 1.29 is 13.9 Å². The smallest absolute Gasteiger partial charge is 0.337 e. The van der Waals surface area contributed by atoms with Crippen LogP contribution in [0.1, 0.15) is 15.9 Å². The lowest BCUT2D eigenvalue weighted by atomic mass is 10.1. The highest BCUT2D eigenvalue weighted by molar-refractivity contribution is 5.89. The van der Waals surface area contributed by atoms with E-state index in [4.69, 9.17) is 5.73 Å². The molecule has 4 heteroatoms. The molecule has 1 rings (SSSR count). The van der Waals surface area contributed by atoms with Gasteiger partial charge in [-0.2, -0.15) is 0 Å². The minimum Gasteiger partial charge on any atom is -0.465 e. The zero-order chi connectivity index (χ0) is 11.3. The Morgan fingerprint density at radius 2 is 2.33 bits per heavy atom. The van der Waals surface area contributed by atoms with Crippen LogP contribution in [0.25, 0.3) is 6.08 Å². The molecule has 0 heterocycles. The summed E-state index contributed by atoms with van der Waals surface area (Å²) in [5.74, 6) is -1.02. The van der Waals surface area contributed by atoms with Crippen LogP contribution in [-0.4, -0.2) is 19.6 Å². The molecule has 0 aliphatic heterocycles. The molecule has 3 nitrogen and oxygen atoms in total. The maximum absolute atomic E-state index is 13.4. The quantitative estimate of drug-likeness (QED) is 0.769. The van der Waals surface area contributed by atoms with Crippen LogP contribution in [0.4, 0.5) is 4.39 Å². The van der Waals surface area contributed by atoms with E-state index >= 15 is 0 Å². The summed E-state index contributed by atoms with van der Waals surface area (Å²) in [5.41, 5.74) is 5.83. The molecule has 2 N–H and O–H groups in total. The minimum absolute atomic E-state index is 0.194. The van der Waals surface area contributed by atoms with Crippen molar-refractivity contribution in [2.75, 3.05) is 13.7 Å². The molecule has 0 aromatic heterocycles. The highest BCUT2D eigenvalue weighted by Crippen LogP contribution is 2.12. The van der Waals surface area contributed by atoms with Crippen LogP contribution in [0.5, 0.6) is 0 Å². The van der Waals surface area contributed by atoms with Crippen molar-refractivity contribution in [1.82, 2.24) is 0 Å². The topological polar surface area (TPSA) is 52.3 Å². The molecule has 1 aromatic carbocycles. The molecule has 0 saturated heterocycles. The Hall–Kier alpha value is -1.68. The zero-order valence-corrected chi connectivity index (χ0v) is 8.37. The van der Waals surface area contributed by atoms with Crippen LogP contribution >= 0.6 is 0 Å². The number of methoxy groups -OCH3 is 1. The summed E-state index contributed by atoms with van der Waals surface area (Å²) in [5, 5.41) is 0. The Bertz CT molecular complexity index is 388. The number of nitrogens with two attached hydrogens (primary N) is 1. The van der Waals surface area contributed by atoms with Gasteiger partial charge in [-0.1, -0.05) is 18.2 Å². The summed E-state index contributed by atoms with van der Waals surface area (Å²) in [7, 11) is 1.25. The molecule has 0 saturated carbocycles. The molecule has 0 unspecified atom stereocenters. The second kappa shape index (κ2) is 5.26. The second-order valence-corrected chi connectivity index (χ2v) is 2.87. The van der Waals surface area contributed by atoms with Gasteiger partial charge < -0.3 is 10.5 Å². The predicted octanol–water partition coefficient (Wildman–Crippen LogP) is 1.58. The first-order chi connectivity index (χ1) is 7.19. The van der Waals surface area contributed by atoms with Gasteiger partial charge in [0, 0.05) is 12.1 Å². The van der Waals surface area contributed by atoms with Gasteiger partial charge in [-0.3, -0.25) is 0 Å². The highest BCUT2D eigenvalue weighted by Gasteiger charge is 2.07. The molecule has 0 atom stereocenters. The van der Waals surface area contributed by atoms with Crippen molar-refractivity contribution in [3.8, 4) is 0 Å². The van der Waals surface area contributed by atoms with E-state index in [-0.39, 0.29) is 5.56 Å². The molecule has 0 aliphatic rings. The maximum Gasteiger partial charge on any atom is 0.337 e. The molecule has 0 amide bonds. The van der Waals surface area contributed by atoms with Gasteiger partial charge in [0.05, 0.1) is 12.7 Å². The number of hydrogen-bond acceptors (Lipinski definition) is 3. The van der Waals surface area contributed by atoms with Gasteiger partial charge in [-0.05, 0) is 12.1 Å². The monoisotopic (exact) mass is 209 g/mol. The van der Waals surface area contributed by atoms with Gasteiger partial charge in [0.15, 0.2) is 0 Å². The first-order valence-electron chi connectivity index (χ1n) is 4.43. The summed E-state index contributed by atoms with van der Waals surface area (Å²) in [6, 6.07) is 4.15. The summed E-state index contributed by atoms with van der Waals surface area (Å²) in [4.78, 5) is 11.1. The molecule has 0 radical (unpaired) electrons. The fraction of sp³-hybridized carbons (Fsp3) is 0.182. The Labute approximate surface area is 87.3 Å². The van der Waals surface area contributed by atoms with E-state index in [1.54, 1.807) is 12.2 Å². The van der Waals surface area contributed by atoms with Crippen LogP contribution < -0.4 is 5.73 Å². The van der Waals surface area contributed by atoms with Gasteiger partial charge in [0.1, 0.15) is 5.82 Å². The van der Waals surface area contributed by atoms with Crippen molar-refractivity contribution in [1.29, 1.82) is 0 Å². The van der Waals surface area contributed by atoms with E-state index < -0.39 is 11.8 Å². The third kappa shape index (κ3) is 2.89. The average Bonchev–Trinajstić information content (AvgIpc) is 2.26. The van der Waals surface area contributed by atoms with E-state index in [1.165, 1.54) is 19.2 Å². The molecule has 1 aromatic rings. The van der Waals surface area contributed by atoms with Crippen molar-refractivity contribution >= 4 is 12.0 Å². The van der Waals surface area contributed by atoms with Crippen molar-refractivity contribution in [3.63, 3.8) is 0 Å². The normalized spacial score (nSPS) is 10.6. The summed E-state index contributed by atoms with van der Waals surface area (Å²) < 4.78 is 17.8. The standard InChI is InChI=1S/C11H12FNO2/c1-15-11(14)9-5-4-8(3-2-6-13)10(12)7-9/h2-5,7H,6,13H2,1H3. The van der Waals surface area contributed by atoms with Gasteiger partial charge in [0.2, 0.25) is 0 Å². The SMILES string of the molecule is COC(=O)c1ccc(C=CCN)c(F)c1. The number of carbonyl (C=O) groups is 1. The van der Waals surface area contributed by atoms with Crippen LogP contribution in [0.15, 0.2) is 24.3 Å². The van der Waals surface area contributed by atoms with Crippen molar-refractivity contribution in [2.24, 2.45) is 5.73 Å². The molecule has 0 fully saturated rings. The fourth-order valence-corrected chi connectivity index (χ4v) is 1.10. The number of ether oxygens (including phenoxy) is 1. The summed E-state index contributed by atoms with van der Waals surface area (Å²) in [6.45, 7) is 0.345. The van der Waals surface area contributed by atoms with Gasteiger partial charge >= 0.3 is 5.97 Å². The first-order valence-corrected chi connectivity index (χ1v) is 4.43. The molecule has 0 spiro atoms. The van der Waals surface area contributed by atoms with E-state index in [1.807, 2.05) is 0 Å². The molecule has 80 valence electrons. The van der Waals surface area contributed by atoms with Crippen molar-refractivity contribution in [2.45, 2.75) is 0 Å². The second-order valence-electron chi connectivity index (χ2n) is 2.87. The maximum atomic E-state index is 13.4. The molecule has 0 bridgehead atoms. The number of rotatable bonds is 3. The predicted molar refractivity (Wildman–Crippen MR) is 55.8 cm³/mol. The fourth-order valence-electron chi connectivity index (χ4n) is 1.10. The van der Waals surface area contributed by atoms with Crippen LogP contribution in [0.2, 0.25) is 0 Å². The van der Waals surface area contributed by atoms with E-state index in [0.29, 0.717) is 12.1 Å². The van der Waals surface area contributed by atoms with Gasteiger partial charge in [-0.15, -0.1) is 0 Å². The highest BCUT2D eigenvalue weighted by atomic mass is 19.1. The molecule has 15 heavy (non-hydrogen) atoms. The Kier molecular flexibility index (Phi) is 4.00. The van der Waals surface area contributed by atoms with Crippen LogP contribution in [-0.2, 0) is 4.74 Å². The summed E-state index contributed by atoms with van der Waals surface area (Å²) >= 11 is 0. The average molecular weight is 209 g/mol.